The lowest BCUT2D eigenvalue weighted by Gasteiger charge is -2.36. The van der Waals surface area contributed by atoms with Gasteiger partial charge in [0.1, 0.15) is 5.75 Å². The lowest BCUT2D eigenvalue weighted by Crippen LogP contribution is -2.43. The van der Waals surface area contributed by atoms with Crippen molar-refractivity contribution in [2.75, 3.05) is 0 Å². The van der Waals surface area contributed by atoms with E-state index in [1.54, 1.807) is 0 Å². The lowest BCUT2D eigenvalue weighted by atomic mass is 10.0. The minimum Gasteiger partial charge on any atom is -0.462 e. The van der Waals surface area contributed by atoms with E-state index < -0.39 is 5.79 Å². The number of rotatable bonds is 6. The molecule has 2 rings (SSSR count). The second-order valence-electron chi connectivity index (χ2n) is 6.07. The van der Waals surface area contributed by atoms with Gasteiger partial charge in [-0.25, -0.2) is 0 Å². The Labute approximate surface area is 122 Å². The Morgan fingerprint density at radius 1 is 1.20 bits per heavy atom. The molecule has 20 heavy (non-hydrogen) atoms. The molecule has 0 N–H and O–H groups in total. The molecule has 0 bridgehead atoms. The summed E-state index contributed by atoms with van der Waals surface area (Å²) in [5.74, 6) is 0.581. The predicted octanol–water partition coefficient (Wildman–Crippen LogP) is 5.04. The van der Waals surface area contributed by atoms with E-state index >= 15 is 0 Å². The lowest BCUT2D eigenvalue weighted by molar-refractivity contribution is -0.223. The maximum Gasteiger partial charge on any atom is 0.210 e. The van der Waals surface area contributed by atoms with Gasteiger partial charge in [0.15, 0.2) is 0 Å². The van der Waals surface area contributed by atoms with E-state index in [1.165, 1.54) is 12.8 Å². The van der Waals surface area contributed by atoms with Gasteiger partial charge in [-0.3, -0.25) is 0 Å². The third-order valence-corrected chi connectivity index (χ3v) is 4.19. The first-order valence-corrected chi connectivity index (χ1v) is 7.63. The van der Waals surface area contributed by atoms with Crippen LogP contribution in [0.3, 0.4) is 0 Å². The second kappa shape index (κ2) is 6.45. The van der Waals surface area contributed by atoms with Gasteiger partial charge in [0.25, 0.3) is 0 Å². The Morgan fingerprint density at radius 2 is 1.80 bits per heavy atom. The van der Waals surface area contributed by atoms with Crippen molar-refractivity contribution >= 4 is 6.08 Å². The fourth-order valence-electron chi connectivity index (χ4n) is 2.52. The maximum absolute atomic E-state index is 6.28. The molecule has 0 aromatic heterocycles. The molecule has 2 nitrogen and oxygen atoms in total. The number of hydrogen-bond donors (Lipinski definition) is 0. The van der Waals surface area contributed by atoms with Crippen LogP contribution in [-0.4, -0.2) is 11.9 Å². The first-order chi connectivity index (χ1) is 9.53. The fourth-order valence-corrected chi connectivity index (χ4v) is 2.52. The van der Waals surface area contributed by atoms with Crippen LogP contribution < -0.4 is 4.74 Å². The molecule has 1 unspecified atom stereocenters. The third kappa shape index (κ3) is 3.63. The third-order valence-electron chi connectivity index (χ3n) is 4.19. The van der Waals surface area contributed by atoms with E-state index in [0.29, 0.717) is 12.0 Å². The van der Waals surface area contributed by atoms with Crippen molar-refractivity contribution in [2.45, 2.75) is 58.3 Å². The van der Waals surface area contributed by atoms with Crippen molar-refractivity contribution in [1.82, 2.24) is 0 Å². The topological polar surface area (TPSA) is 18.5 Å². The van der Waals surface area contributed by atoms with E-state index in [1.807, 2.05) is 30.3 Å². The summed E-state index contributed by atoms with van der Waals surface area (Å²) < 4.78 is 12.4. The highest BCUT2D eigenvalue weighted by Gasteiger charge is 2.35. The average Bonchev–Trinajstić information content (AvgIpc) is 2.92. The van der Waals surface area contributed by atoms with Gasteiger partial charge in [-0.15, -0.1) is 0 Å². The van der Waals surface area contributed by atoms with Gasteiger partial charge < -0.3 is 9.47 Å². The van der Waals surface area contributed by atoms with Gasteiger partial charge in [0.2, 0.25) is 5.79 Å². The molecule has 0 spiro atoms. The Hall–Kier alpha value is -1.28. The fraction of sp³-hybridized carbons (Fsp3) is 0.556. The molecule has 110 valence electrons. The van der Waals surface area contributed by atoms with Crippen LogP contribution in [0.1, 0.15) is 52.0 Å². The molecular formula is C18H26O2. The number of ether oxygens (including phenoxy) is 2. The van der Waals surface area contributed by atoms with Gasteiger partial charge in [-0.1, -0.05) is 51.5 Å². The zero-order valence-electron chi connectivity index (χ0n) is 12.9. The van der Waals surface area contributed by atoms with Crippen LogP contribution in [-0.2, 0) is 4.74 Å². The van der Waals surface area contributed by atoms with Crippen molar-refractivity contribution < 1.29 is 9.47 Å². The van der Waals surface area contributed by atoms with Crippen molar-refractivity contribution in [3.63, 3.8) is 0 Å². The Balaban J connectivity index is 2.08. The average molecular weight is 274 g/mol. The highest BCUT2D eigenvalue weighted by Crippen LogP contribution is 2.32. The zero-order chi connectivity index (χ0) is 14.6. The molecule has 0 heterocycles. The highest BCUT2D eigenvalue weighted by atomic mass is 16.7. The summed E-state index contributed by atoms with van der Waals surface area (Å²) in [5, 5.41) is 0. The van der Waals surface area contributed by atoms with Gasteiger partial charge in [0, 0.05) is 12.8 Å². The number of hydrogen-bond acceptors (Lipinski definition) is 2. The van der Waals surface area contributed by atoms with Crippen molar-refractivity contribution in [3.8, 4) is 5.75 Å². The number of benzene rings is 1. The van der Waals surface area contributed by atoms with Gasteiger partial charge >= 0.3 is 0 Å². The van der Waals surface area contributed by atoms with Crippen molar-refractivity contribution in [2.24, 2.45) is 5.92 Å². The molecule has 0 radical (unpaired) electrons. The van der Waals surface area contributed by atoms with E-state index in [4.69, 9.17) is 9.47 Å². The smallest absolute Gasteiger partial charge is 0.210 e. The van der Waals surface area contributed by atoms with Gasteiger partial charge in [-0.2, -0.15) is 0 Å². The van der Waals surface area contributed by atoms with Gasteiger partial charge in [0.05, 0.1) is 6.10 Å². The summed E-state index contributed by atoms with van der Waals surface area (Å²) in [6, 6.07) is 7.99. The van der Waals surface area contributed by atoms with Crippen LogP contribution in [0, 0.1) is 5.92 Å². The van der Waals surface area contributed by atoms with Crippen molar-refractivity contribution in [3.05, 3.63) is 36.4 Å². The van der Waals surface area contributed by atoms with Crippen LogP contribution in [0.15, 0.2) is 30.8 Å². The summed E-state index contributed by atoms with van der Waals surface area (Å²) in [6.45, 7) is 10.1. The van der Waals surface area contributed by atoms with Crippen LogP contribution in [0.4, 0.5) is 0 Å². The standard InChI is InChI=1S/C18H26O2/c1-5-15-10-12-17(13-11-15)20-18(4,14(2)3)19-16-8-6-7-9-16/h5,10-14,16H,1,6-9H2,2-4H3. The first-order valence-electron chi connectivity index (χ1n) is 7.63. The monoisotopic (exact) mass is 274 g/mol. The molecule has 0 aliphatic heterocycles. The second-order valence-corrected chi connectivity index (χ2v) is 6.07. The molecule has 2 heteroatoms. The van der Waals surface area contributed by atoms with E-state index in [-0.39, 0.29) is 0 Å². The summed E-state index contributed by atoms with van der Waals surface area (Å²) >= 11 is 0. The first kappa shape index (κ1) is 15.1. The van der Waals surface area contributed by atoms with Crippen LogP contribution in [0.5, 0.6) is 5.75 Å². The maximum atomic E-state index is 6.28. The Morgan fingerprint density at radius 3 is 2.30 bits per heavy atom. The van der Waals surface area contributed by atoms with Crippen LogP contribution in [0.2, 0.25) is 0 Å². The highest BCUT2D eigenvalue weighted by molar-refractivity contribution is 5.48. The molecular weight excluding hydrogens is 248 g/mol. The summed E-state index contributed by atoms with van der Waals surface area (Å²) in [5.41, 5.74) is 1.10. The summed E-state index contributed by atoms with van der Waals surface area (Å²) in [7, 11) is 0. The normalized spacial score (nSPS) is 19.0. The van der Waals surface area contributed by atoms with Gasteiger partial charge in [-0.05, 0) is 30.5 Å². The minimum atomic E-state index is -0.565. The molecule has 1 aromatic carbocycles. The van der Waals surface area contributed by atoms with E-state index in [2.05, 4.69) is 27.4 Å². The zero-order valence-corrected chi connectivity index (χ0v) is 12.9. The minimum absolute atomic E-state index is 0.294. The summed E-state index contributed by atoms with van der Waals surface area (Å²) in [4.78, 5) is 0. The molecule has 1 saturated carbocycles. The molecule has 0 amide bonds. The molecule has 1 aliphatic carbocycles. The van der Waals surface area contributed by atoms with E-state index in [0.717, 1.165) is 24.2 Å². The molecule has 0 saturated heterocycles. The SMILES string of the molecule is C=Cc1ccc(OC(C)(OC2CCCC2)C(C)C)cc1. The largest absolute Gasteiger partial charge is 0.462 e. The van der Waals surface area contributed by atoms with Crippen LogP contribution >= 0.6 is 0 Å². The van der Waals surface area contributed by atoms with Crippen molar-refractivity contribution in [1.29, 1.82) is 0 Å². The molecule has 1 atom stereocenters. The Kier molecular flexibility index (Phi) is 4.87. The summed E-state index contributed by atoms with van der Waals surface area (Å²) in [6.07, 6.45) is 7.03. The van der Waals surface area contributed by atoms with E-state index in [9.17, 15) is 0 Å². The molecule has 1 aliphatic rings. The molecule has 1 aromatic rings. The quantitative estimate of drug-likeness (QED) is 0.677. The van der Waals surface area contributed by atoms with Crippen LogP contribution in [0.25, 0.3) is 6.08 Å². The predicted molar refractivity (Wildman–Crippen MR) is 83.7 cm³/mol. The molecule has 1 fully saturated rings. The Bertz CT molecular complexity index is 429.